The summed E-state index contributed by atoms with van der Waals surface area (Å²) in [4.78, 5) is 18.3. The number of nitrogens with zero attached hydrogens (tertiary/aromatic N) is 4. The lowest BCUT2D eigenvalue weighted by Crippen LogP contribution is -2.22. The summed E-state index contributed by atoms with van der Waals surface area (Å²) in [6.07, 6.45) is 3.05. The third-order valence-electron chi connectivity index (χ3n) is 4.83. The quantitative estimate of drug-likeness (QED) is 0.395. The van der Waals surface area contributed by atoms with Crippen molar-refractivity contribution in [1.29, 1.82) is 0 Å². The van der Waals surface area contributed by atoms with Crippen molar-refractivity contribution < 1.29 is 9.15 Å². The fourth-order valence-electron chi connectivity index (χ4n) is 3.44. The summed E-state index contributed by atoms with van der Waals surface area (Å²) in [5.74, 6) is 1.54. The van der Waals surface area contributed by atoms with Gasteiger partial charge < -0.3 is 9.15 Å². The zero-order valence-electron chi connectivity index (χ0n) is 16.5. The van der Waals surface area contributed by atoms with Crippen LogP contribution in [0.1, 0.15) is 6.92 Å². The number of benzene rings is 2. The molecule has 7 nitrogen and oxygen atoms in total. The van der Waals surface area contributed by atoms with E-state index < -0.39 is 0 Å². The molecule has 0 spiro atoms. The number of halogens is 1. The maximum atomic E-state index is 13.5. The summed E-state index contributed by atoms with van der Waals surface area (Å²) in [6.45, 7) is 2.48. The molecule has 31 heavy (non-hydrogen) atoms. The van der Waals surface area contributed by atoms with E-state index in [4.69, 9.17) is 25.7 Å². The molecule has 0 unspecified atom stereocenters. The minimum absolute atomic E-state index is 0.265. The molecule has 3 aromatic heterocycles. The van der Waals surface area contributed by atoms with Gasteiger partial charge in [-0.2, -0.15) is 5.10 Å². The minimum atomic E-state index is -0.265. The van der Waals surface area contributed by atoms with Gasteiger partial charge in [-0.25, -0.2) is 9.67 Å². The first-order valence-electron chi connectivity index (χ1n) is 9.70. The Kier molecular flexibility index (Phi) is 4.80. The highest BCUT2D eigenvalue weighted by molar-refractivity contribution is 6.32. The van der Waals surface area contributed by atoms with Gasteiger partial charge in [-0.1, -0.05) is 23.7 Å². The number of ether oxygens (including phenoxy) is 1. The highest BCUT2D eigenvalue weighted by atomic mass is 35.5. The van der Waals surface area contributed by atoms with Crippen molar-refractivity contribution in [3.63, 3.8) is 0 Å². The topological polar surface area (TPSA) is 75.1 Å². The van der Waals surface area contributed by atoms with Crippen LogP contribution >= 0.6 is 11.6 Å². The van der Waals surface area contributed by atoms with E-state index in [-0.39, 0.29) is 5.56 Å². The number of furan rings is 1. The average Bonchev–Trinajstić information content (AvgIpc) is 3.45. The molecule has 154 valence electrons. The third-order valence-corrected chi connectivity index (χ3v) is 5.15. The van der Waals surface area contributed by atoms with Gasteiger partial charge in [-0.3, -0.25) is 9.36 Å². The molecular weight excluding hydrogens is 416 g/mol. The summed E-state index contributed by atoms with van der Waals surface area (Å²) in [7, 11) is 0. The van der Waals surface area contributed by atoms with Gasteiger partial charge in [-0.05, 0) is 55.5 Å². The van der Waals surface area contributed by atoms with Crippen LogP contribution in [-0.2, 0) is 0 Å². The van der Waals surface area contributed by atoms with Crippen LogP contribution in [-0.4, -0.2) is 25.9 Å². The Hall–Kier alpha value is -3.84. The van der Waals surface area contributed by atoms with Gasteiger partial charge in [0.1, 0.15) is 11.1 Å². The molecule has 3 heterocycles. The van der Waals surface area contributed by atoms with E-state index in [9.17, 15) is 4.79 Å². The summed E-state index contributed by atoms with van der Waals surface area (Å²) >= 11 is 6.36. The maximum Gasteiger partial charge on any atom is 0.269 e. The second-order valence-electron chi connectivity index (χ2n) is 6.73. The largest absolute Gasteiger partial charge is 0.494 e. The highest BCUT2D eigenvalue weighted by Gasteiger charge is 2.20. The number of para-hydroxylation sites is 1. The Bertz CT molecular complexity index is 1420. The average molecular weight is 433 g/mol. The molecular formula is C23H17ClN4O3. The van der Waals surface area contributed by atoms with Crippen molar-refractivity contribution in [2.24, 2.45) is 0 Å². The van der Waals surface area contributed by atoms with Crippen LogP contribution in [0.3, 0.4) is 0 Å². The second kappa shape index (κ2) is 7.77. The molecule has 5 aromatic rings. The predicted octanol–water partition coefficient (Wildman–Crippen LogP) is 4.88. The summed E-state index contributed by atoms with van der Waals surface area (Å²) in [5.41, 5.74) is 1.40. The Morgan fingerprint density at radius 2 is 1.87 bits per heavy atom. The van der Waals surface area contributed by atoms with Crippen LogP contribution < -0.4 is 10.3 Å². The molecule has 0 atom stereocenters. The molecule has 0 aliphatic rings. The van der Waals surface area contributed by atoms with E-state index in [1.165, 1.54) is 10.8 Å². The second-order valence-corrected chi connectivity index (χ2v) is 7.13. The van der Waals surface area contributed by atoms with Crippen molar-refractivity contribution in [2.45, 2.75) is 6.92 Å². The summed E-state index contributed by atoms with van der Waals surface area (Å²) in [6, 6.07) is 18.0. The molecule has 0 aliphatic carbocycles. The van der Waals surface area contributed by atoms with Gasteiger partial charge in [0.05, 0.1) is 35.5 Å². The molecule has 0 fully saturated rings. The van der Waals surface area contributed by atoms with Crippen LogP contribution in [0.5, 0.6) is 5.75 Å². The molecule has 0 saturated heterocycles. The molecule has 5 rings (SSSR count). The lowest BCUT2D eigenvalue weighted by Gasteiger charge is -2.13. The van der Waals surface area contributed by atoms with Gasteiger partial charge in [0.15, 0.2) is 17.2 Å². The van der Waals surface area contributed by atoms with Crippen molar-refractivity contribution in [1.82, 2.24) is 19.3 Å². The first-order valence-corrected chi connectivity index (χ1v) is 10.1. The van der Waals surface area contributed by atoms with E-state index in [1.807, 2.05) is 49.4 Å². The highest BCUT2D eigenvalue weighted by Crippen LogP contribution is 2.26. The van der Waals surface area contributed by atoms with Crippen LogP contribution in [0.15, 0.2) is 82.3 Å². The SMILES string of the molecule is CCOc1ccc(-n2c(-c3ccco3)nc3c(cnn3-c3ccccc3Cl)c2=O)cc1. The first-order chi connectivity index (χ1) is 15.2. The van der Waals surface area contributed by atoms with E-state index >= 15 is 0 Å². The summed E-state index contributed by atoms with van der Waals surface area (Å²) < 4.78 is 14.2. The summed E-state index contributed by atoms with van der Waals surface area (Å²) in [5, 5.41) is 5.26. The van der Waals surface area contributed by atoms with Crippen LogP contribution in [0, 0.1) is 0 Å². The number of hydrogen-bond donors (Lipinski definition) is 0. The molecule has 8 heteroatoms. The van der Waals surface area contributed by atoms with E-state index in [1.54, 1.807) is 29.1 Å². The van der Waals surface area contributed by atoms with Crippen molar-refractivity contribution in [3.05, 3.63) is 88.5 Å². The monoisotopic (exact) mass is 432 g/mol. The molecule has 0 aliphatic heterocycles. The lowest BCUT2D eigenvalue weighted by molar-refractivity contribution is 0.340. The Labute approximate surface area is 182 Å². The van der Waals surface area contributed by atoms with Gasteiger partial charge in [0.2, 0.25) is 0 Å². The van der Waals surface area contributed by atoms with Gasteiger partial charge in [0, 0.05) is 0 Å². The molecule has 0 N–H and O–H groups in total. The zero-order valence-corrected chi connectivity index (χ0v) is 17.3. The number of aromatic nitrogens is 4. The third kappa shape index (κ3) is 3.29. The molecule has 2 aromatic carbocycles. The number of rotatable bonds is 5. The van der Waals surface area contributed by atoms with Crippen molar-refractivity contribution in [2.75, 3.05) is 6.61 Å². The normalized spacial score (nSPS) is 11.2. The maximum absolute atomic E-state index is 13.5. The fraction of sp³-hybridized carbons (Fsp3) is 0.0870. The smallest absolute Gasteiger partial charge is 0.269 e. The van der Waals surface area contributed by atoms with Crippen molar-refractivity contribution in [3.8, 4) is 28.7 Å². The van der Waals surface area contributed by atoms with E-state index in [0.717, 1.165) is 5.75 Å². The zero-order chi connectivity index (χ0) is 21.4. The Balaban J connectivity index is 1.78. The number of hydrogen-bond acceptors (Lipinski definition) is 5. The molecule has 0 bridgehead atoms. The van der Waals surface area contributed by atoms with Crippen LogP contribution in [0.4, 0.5) is 0 Å². The molecule has 0 amide bonds. The predicted molar refractivity (Wildman–Crippen MR) is 118 cm³/mol. The standard InChI is InChI=1S/C23H17ClN4O3/c1-2-30-16-11-9-15(10-12-16)27-22(20-8-5-13-31-20)26-21-17(23(27)29)14-25-28(21)19-7-4-3-6-18(19)24/h3-14H,2H2,1H3. The van der Waals surface area contributed by atoms with Gasteiger partial charge in [-0.15, -0.1) is 0 Å². The van der Waals surface area contributed by atoms with Gasteiger partial charge in [0.25, 0.3) is 5.56 Å². The minimum Gasteiger partial charge on any atom is -0.494 e. The Morgan fingerprint density at radius 1 is 1.06 bits per heavy atom. The van der Waals surface area contributed by atoms with E-state index in [0.29, 0.717) is 45.6 Å². The number of fused-ring (bicyclic) bond motifs is 1. The first kappa shape index (κ1) is 19.1. The fourth-order valence-corrected chi connectivity index (χ4v) is 3.65. The van der Waals surface area contributed by atoms with Gasteiger partial charge >= 0.3 is 0 Å². The van der Waals surface area contributed by atoms with Crippen LogP contribution in [0.2, 0.25) is 5.02 Å². The van der Waals surface area contributed by atoms with E-state index in [2.05, 4.69) is 5.10 Å². The lowest BCUT2D eigenvalue weighted by atomic mass is 10.2. The molecule has 0 radical (unpaired) electrons. The van der Waals surface area contributed by atoms with Crippen LogP contribution in [0.25, 0.3) is 34.0 Å². The Morgan fingerprint density at radius 3 is 2.58 bits per heavy atom. The van der Waals surface area contributed by atoms with Crippen molar-refractivity contribution >= 4 is 22.6 Å². The molecule has 0 saturated carbocycles.